The minimum absolute atomic E-state index is 0.474. The number of hydrogen-bond acceptors (Lipinski definition) is 2. The number of alkyl halides is 1. The third-order valence-electron chi connectivity index (χ3n) is 6.38. The van der Waals surface area contributed by atoms with Crippen molar-refractivity contribution < 1.29 is 4.39 Å². The van der Waals surface area contributed by atoms with Crippen LogP contribution in [0.2, 0.25) is 0 Å². The molecule has 1 N–H and O–H groups in total. The van der Waals surface area contributed by atoms with Gasteiger partial charge in [0.2, 0.25) is 0 Å². The fraction of sp³-hybridized carbons (Fsp3) is 0.481. The van der Waals surface area contributed by atoms with Crippen LogP contribution in [0, 0.1) is 5.92 Å². The van der Waals surface area contributed by atoms with E-state index in [4.69, 9.17) is 0 Å². The highest BCUT2D eigenvalue weighted by atomic mass is 19.1. The van der Waals surface area contributed by atoms with Gasteiger partial charge in [-0.1, -0.05) is 76.2 Å². The van der Waals surface area contributed by atoms with E-state index in [1.54, 1.807) is 0 Å². The van der Waals surface area contributed by atoms with Crippen LogP contribution in [0.5, 0.6) is 0 Å². The monoisotopic (exact) mass is 408 g/mol. The molecule has 0 aliphatic carbocycles. The van der Waals surface area contributed by atoms with Crippen molar-refractivity contribution in [1.29, 1.82) is 0 Å². The smallest absolute Gasteiger partial charge is 0.138 e. The highest BCUT2D eigenvalue weighted by molar-refractivity contribution is 5.36. The summed E-state index contributed by atoms with van der Waals surface area (Å²) >= 11 is 0. The zero-order valence-electron chi connectivity index (χ0n) is 18.9. The number of aryl methyl sites for hydroxylation is 1. The van der Waals surface area contributed by atoms with Crippen molar-refractivity contribution in [2.75, 3.05) is 6.54 Å². The van der Waals surface area contributed by atoms with Gasteiger partial charge in [-0.3, -0.25) is 4.90 Å². The van der Waals surface area contributed by atoms with Crippen LogP contribution in [0.25, 0.3) is 0 Å². The first kappa shape index (κ1) is 22.6. The van der Waals surface area contributed by atoms with Gasteiger partial charge in [0.15, 0.2) is 0 Å². The lowest BCUT2D eigenvalue weighted by atomic mass is 9.92. The topological polar surface area (TPSA) is 15.3 Å². The van der Waals surface area contributed by atoms with Gasteiger partial charge in [-0.05, 0) is 53.0 Å². The molecule has 0 radical (unpaired) electrons. The fourth-order valence-corrected chi connectivity index (χ4v) is 3.98. The van der Waals surface area contributed by atoms with Crippen molar-refractivity contribution in [2.24, 2.45) is 5.92 Å². The van der Waals surface area contributed by atoms with E-state index in [9.17, 15) is 4.39 Å². The number of nitrogens with one attached hydrogen (secondary N) is 1. The Kier molecular flexibility index (Phi) is 8.09. The van der Waals surface area contributed by atoms with E-state index in [1.165, 1.54) is 29.5 Å². The summed E-state index contributed by atoms with van der Waals surface area (Å²) in [7, 11) is 0. The van der Waals surface area contributed by atoms with Crippen LogP contribution >= 0.6 is 0 Å². The average Bonchev–Trinajstić information content (AvgIpc) is 2.76. The van der Waals surface area contributed by atoms with Crippen molar-refractivity contribution in [3.63, 3.8) is 0 Å². The van der Waals surface area contributed by atoms with Gasteiger partial charge in [0, 0.05) is 31.9 Å². The Morgan fingerprint density at radius 3 is 2.53 bits per heavy atom. The Morgan fingerprint density at radius 2 is 1.83 bits per heavy atom. The summed E-state index contributed by atoms with van der Waals surface area (Å²) in [4.78, 5) is 2.22. The highest BCUT2D eigenvalue weighted by Crippen LogP contribution is 2.31. The predicted octanol–water partition coefficient (Wildman–Crippen LogP) is 6.71. The Balaban J connectivity index is 1.58. The zero-order chi connectivity index (χ0) is 21.5. The maximum atomic E-state index is 15.0. The molecule has 0 saturated carbocycles. The van der Waals surface area contributed by atoms with Crippen molar-refractivity contribution in [3.05, 3.63) is 82.6 Å². The summed E-state index contributed by atoms with van der Waals surface area (Å²) < 4.78 is 15.0. The van der Waals surface area contributed by atoms with E-state index >= 15 is 0 Å². The van der Waals surface area contributed by atoms with Gasteiger partial charge in [-0.2, -0.15) is 0 Å². The molecular formula is C27H37FN2. The lowest BCUT2D eigenvalue weighted by Crippen LogP contribution is -2.31. The van der Waals surface area contributed by atoms with E-state index < -0.39 is 6.17 Å². The molecule has 2 unspecified atom stereocenters. The van der Waals surface area contributed by atoms with Gasteiger partial charge in [-0.25, -0.2) is 4.39 Å². The lowest BCUT2D eigenvalue weighted by Gasteiger charge is -2.31. The molecule has 1 aliphatic rings. The standard InChI is InChI=1S/C27H37FN2/c1-5-20(3)7-8-22-13-14-25-18-30(19-27(28)26(25)15-22)17-24-11-9-23(10-12-24)16-29-21(4)6-2/h9-15,20,27,29H,4-8,16-19H2,1-3H3. The second-order valence-electron chi connectivity index (χ2n) is 8.85. The summed E-state index contributed by atoms with van der Waals surface area (Å²) in [6.45, 7) is 13.5. The maximum absolute atomic E-state index is 15.0. The van der Waals surface area contributed by atoms with Gasteiger partial charge >= 0.3 is 0 Å². The molecule has 0 saturated heterocycles. The number of fused-ring (bicyclic) bond motifs is 1. The van der Waals surface area contributed by atoms with Crippen LogP contribution in [0.3, 0.4) is 0 Å². The summed E-state index contributed by atoms with van der Waals surface area (Å²) in [5.41, 5.74) is 6.85. The Hall–Kier alpha value is -2.13. The van der Waals surface area contributed by atoms with Gasteiger partial charge in [0.1, 0.15) is 6.17 Å². The van der Waals surface area contributed by atoms with Crippen molar-refractivity contribution in [1.82, 2.24) is 10.2 Å². The van der Waals surface area contributed by atoms with Crippen molar-refractivity contribution in [2.45, 2.75) is 72.3 Å². The Morgan fingerprint density at radius 1 is 1.13 bits per heavy atom. The maximum Gasteiger partial charge on any atom is 0.138 e. The molecule has 2 aromatic rings. The molecule has 3 heteroatoms. The zero-order valence-corrected chi connectivity index (χ0v) is 18.9. The molecule has 1 aliphatic heterocycles. The average molecular weight is 409 g/mol. The van der Waals surface area contributed by atoms with Crippen LogP contribution < -0.4 is 5.32 Å². The molecule has 30 heavy (non-hydrogen) atoms. The van der Waals surface area contributed by atoms with Gasteiger partial charge in [-0.15, -0.1) is 0 Å². The molecule has 2 aromatic carbocycles. The molecule has 0 fully saturated rings. The Bertz CT molecular complexity index is 827. The van der Waals surface area contributed by atoms with Crippen LogP contribution in [-0.4, -0.2) is 11.4 Å². The number of allylic oxidation sites excluding steroid dienone is 1. The number of halogens is 1. The molecule has 0 amide bonds. The molecule has 0 aromatic heterocycles. The third-order valence-corrected chi connectivity index (χ3v) is 6.38. The second kappa shape index (κ2) is 10.8. The normalized spacial score (nSPS) is 17.4. The quantitative estimate of drug-likeness (QED) is 0.470. The minimum Gasteiger partial charge on any atom is -0.385 e. The molecule has 0 bridgehead atoms. The Labute approximate surface area is 182 Å². The second-order valence-corrected chi connectivity index (χ2v) is 8.85. The van der Waals surface area contributed by atoms with Crippen LogP contribution in [-0.2, 0) is 26.1 Å². The summed E-state index contributed by atoms with van der Waals surface area (Å²) in [5.74, 6) is 0.727. The SMILES string of the molecule is C=C(CC)NCc1ccc(CN2Cc3ccc(CCC(C)CC)cc3C(F)C2)cc1. The first-order valence-corrected chi connectivity index (χ1v) is 11.5. The van der Waals surface area contributed by atoms with E-state index in [1.807, 2.05) is 0 Å². The van der Waals surface area contributed by atoms with Crippen LogP contribution in [0.4, 0.5) is 4.39 Å². The van der Waals surface area contributed by atoms with Gasteiger partial charge in [0.05, 0.1) is 0 Å². The minimum atomic E-state index is -0.902. The molecule has 162 valence electrons. The van der Waals surface area contributed by atoms with Crippen LogP contribution in [0.1, 0.15) is 74.0 Å². The van der Waals surface area contributed by atoms with Gasteiger partial charge in [0.25, 0.3) is 0 Å². The van der Waals surface area contributed by atoms with Crippen molar-refractivity contribution >= 4 is 0 Å². The number of benzene rings is 2. The van der Waals surface area contributed by atoms with E-state index in [2.05, 4.69) is 80.0 Å². The third kappa shape index (κ3) is 6.18. The molecule has 2 nitrogen and oxygen atoms in total. The fourth-order valence-electron chi connectivity index (χ4n) is 3.98. The van der Waals surface area contributed by atoms with Crippen LogP contribution in [0.15, 0.2) is 54.7 Å². The first-order valence-electron chi connectivity index (χ1n) is 11.5. The summed E-state index contributed by atoms with van der Waals surface area (Å²) in [6, 6.07) is 15.1. The van der Waals surface area contributed by atoms with E-state index in [0.717, 1.165) is 55.2 Å². The van der Waals surface area contributed by atoms with E-state index in [0.29, 0.717) is 6.54 Å². The molecule has 1 heterocycles. The molecule has 0 spiro atoms. The summed E-state index contributed by atoms with van der Waals surface area (Å²) in [5, 5.41) is 3.33. The largest absolute Gasteiger partial charge is 0.385 e. The highest BCUT2D eigenvalue weighted by Gasteiger charge is 2.25. The first-order chi connectivity index (χ1) is 14.5. The molecule has 3 rings (SSSR count). The predicted molar refractivity (Wildman–Crippen MR) is 125 cm³/mol. The van der Waals surface area contributed by atoms with E-state index in [-0.39, 0.29) is 0 Å². The molecular weight excluding hydrogens is 371 g/mol. The lowest BCUT2D eigenvalue weighted by molar-refractivity contribution is 0.158. The number of hydrogen-bond donors (Lipinski definition) is 1. The number of rotatable bonds is 10. The number of nitrogens with zero attached hydrogens (tertiary/aromatic N) is 1. The van der Waals surface area contributed by atoms with Gasteiger partial charge < -0.3 is 5.32 Å². The van der Waals surface area contributed by atoms with Crippen molar-refractivity contribution in [3.8, 4) is 0 Å². The summed E-state index contributed by atoms with van der Waals surface area (Å²) in [6.07, 6.45) is 3.47. The molecule has 2 atom stereocenters.